The van der Waals surface area contributed by atoms with Crippen LogP contribution in [-0.2, 0) is 10.9 Å². The fourth-order valence-corrected chi connectivity index (χ4v) is 3.53. The number of carbonyl (C=O) groups excluding carboxylic acids is 2. The number of rotatable bonds is 4. The predicted molar refractivity (Wildman–Crippen MR) is 100 cm³/mol. The topological polar surface area (TPSA) is 55.4 Å². The van der Waals surface area contributed by atoms with E-state index in [-0.39, 0.29) is 16.1 Å². The third kappa shape index (κ3) is 4.45. The Balaban J connectivity index is 1.91. The number of hydrogen-bond donors (Lipinski definition) is 1. The van der Waals surface area contributed by atoms with Crippen molar-refractivity contribution in [2.75, 3.05) is 12.4 Å². The predicted octanol–water partition coefficient (Wildman–Crippen LogP) is 5.61. The maximum atomic E-state index is 13.2. The van der Waals surface area contributed by atoms with Crippen molar-refractivity contribution in [2.24, 2.45) is 0 Å². The maximum Gasteiger partial charge on any atom is 0.416 e. The summed E-state index contributed by atoms with van der Waals surface area (Å²) in [6.45, 7) is 0. The number of thiophene rings is 1. The van der Waals surface area contributed by atoms with Crippen LogP contribution >= 0.6 is 11.3 Å². The van der Waals surface area contributed by atoms with Crippen molar-refractivity contribution in [1.82, 2.24) is 0 Å². The summed E-state index contributed by atoms with van der Waals surface area (Å²) in [5.74, 6) is -1.84. The van der Waals surface area contributed by atoms with E-state index in [1.807, 2.05) is 0 Å². The first-order chi connectivity index (χ1) is 13.7. The van der Waals surface area contributed by atoms with Crippen molar-refractivity contribution < 1.29 is 31.9 Å². The van der Waals surface area contributed by atoms with Crippen molar-refractivity contribution in [3.63, 3.8) is 0 Å². The molecule has 3 aromatic rings. The number of nitrogens with one attached hydrogen (secondary N) is 1. The van der Waals surface area contributed by atoms with Crippen molar-refractivity contribution >= 4 is 28.2 Å². The molecule has 0 aliphatic heterocycles. The van der Waals surface area contributed by atoms with Gasteiger partial charge in [-0.2, -0.15) is 13.2 Å². The number of carbonyl (C=O) groups is 2. The summed E-state index contributed by atoms with van der Waals surface area (Å²) in [4.78, 5) is 24.7. The quantitative estimate of drug-likeness (QED) is 0.438. The minimum absolute atomic E-state index is 0.00875. The number of methoxy groups -OCH3 is 1. The highest BCUT2D eigenvalue weighted by atomic mass is 32.1. The van der Waals surface area contributed by atoms with Gasteiger partial charge in [-0.05, 0) is 42.0 Å². The van der Waals surface area contributed by atoms with Crippen LogP contribution in [0.4, 0.5) is 22.6 Å². The van der Waals surface area contributed by atoms with Crippen molar-refractivity contribution in [3.05, 3.63) is 76.4 Å². The van der Waals surface area contributed by atoms with Gasteiger partial charge >= 0.3 is 12.1 Å². The lowest BCUT2D eigenvalue weighted by Crippen LogP contribution is -2.14. The van der Waals surface area contributed by atoms with Gasteiger partial charge in [-0.25, -0.2) is 9.18 Å². The third-order valence-electron chi connectivity index (χ3n) is 4.04. The number of amides is 1. The lowest BCUT2D eigenvalue weighted by Gasteiger charge is -2.09. The molecule has 1 amide bonds. The van der Waals surface area contributed by atoms with Gasteiger partial charge in [0.05, 0.1) is 12.7 Å². The molecule has 0 atom stereocenters. The van der Waals surface area contributed by atoms with E-state index >= 15 is 0 Å². The smallest absolute Gasteiger partial charge is 0.416 e. The number of benzene rings is 2. The molecule has 0 saturated carbocycles. The SMILES string of the molecule is COC(=O)c1c(-c2ccc(F)cc2)csc1NC(=O)c1ccc(C(F)(F)F)cc1. The molecule has 0 unspecified atom stereocenters. The van der Waals surface area contributed by atoms with Crippen LogP contribution in [0, 0.1) is 5.82 Å². The summed E-state index contributed by atoms with van der Waals surface area (Å²) < 4.78 is 55.9. The number of hydrogen-bond acceptors (Lipinski definition) is 4. The molecule has 1 aromatic heterocycles. The molecule has 1 heterocycles. The van der Waals surface area contributed by atoms with Crippen LogP contribution in [0.1, 0.15) is 26.3 Å². The van der Waals surface area contributed by atoms with E-state index in [4.69, 9.17) is 4.74 Å². The highest BCUT2D eigenvalue weighted by Gasteiger charge is 2.30. The molecule has 0 bridgehead atoms. The molecule has 0 aliphatic rings. The highest BCUT2D eigenvalue weighted by Crippen LogP contribution is 2.36. The molecule has 29 heavy (non-hydrogen) atoms. The molecule has 2 aromatic carbocycles. The normalized spacial score (nSPS) is 11.2. The van der Waals surface area contributed by atoms with Crippen molar-refractivity contribution in [1.29, 1.82) is 0 Å². The van der Waals surface area contributed by atoms with Gasteiger partial charge in [-0.15, -0.1) is 11.3 Å². The minimum atomic E-state index is -4.51. The van der Waals surface area contributed by atoms with Crippen LogP contribution in [0.5, 0.6) is 0 Å². The molecule has 3 rings (SSSR count). The standard InChI is InChI=1S/C20H13F4NO3S/c1-28-19(27)16-15(11-4-8-14(21)9-5-11)10-29-18(16)25-17(26)12-2-6-13(7-3-12)20(22,23)24/h2-10H,1H3,(H,25,26). The van der Waals surface area contributed by atoms with Gasteiger partial charge in [-0.3, -0.25) is 4.79 Å². The Morgan fingerprint density at radius 1 is 1.00 bits per heavy atom. The van der Waals surface area contributed by atoms with E-state index in [1.54, 1.807) is 5.38 Å². The Morgan fingerprint density at radius 2 is 1.62 bits per heavy atom. The zero-order chi connectivity index (χ0) is 21.2. The Morgan fingerprint density at radius 3 is 2.17 bits per heavy atom. The molecule has 150 valence electrons. The average Bonchev–Trinajstić information content (AvgIpc) is 3.10. The van der Waals surface area contributed by atoms with Gasteiger partial charge in [0.1, 0.15) is 16.4 Å². The van der Waals surface area contributed by atoms with Gasteiger partial charge in [0.15, 0.2) is 0 Å². The monoisotopic (exact) mass is 423 g/mol. The average molecular weight is 423 g/mol. The zero-order valence-electron chi connectivity index (χ0n) is 14.8. The van der Waals surface area contributed by atoms with Gasteiger partial charge in [0.25, 0.3) is 5.91 Å². The Hall–Kier alpha value is -3.20. The van der Waals surface area contributed by atoms with Gasteiger partial charge in [-0.1, -0.05) is 12.1 Å². The lowest BCUT2D eigenvalue weighted by atomic mass is 10.0. The second-order valence-electron chi connectivity index (χ2n) is 5.88. The summed E-state index contributed by atoms with van der Waals surface area (Å²) in [5, 5.41) is 4.29. The fraction of sp³-hybridized carbons (Fsp3) is 0.100. The first-order valence-electron chi connectivity index (χ1n) is 8.15. The molecular weight excluding hydrogens is 410 g/mol. The van der Waals surface area contributed by atoms with E-state index in [0.29, 0.717) is 11.1 Å². The minimum Gasteiger partial charge on any atom is -0.465 e. The van der Waals surface area contributed by atoms with Gasteiger partial charge in [0, 0.05) is 16.5 Å². The molecule has 1 N–H and O–H groups in total. The van der Waals surface area contributed by atoms with Crippen LogP contribution in [-0.4, -0.2) is 19.0 Å². The van der Waals surface area contributed by atoms with Gasteiger partial charge in [0.2, 0.25) is 0 Å². The maximum absolute atomic E-state index is 13.2. The molecule has 4 nitrogen and oxygen atoms in total. The first-order valence-corrected chi connectivity index (χ1v) is 9.03. The second kappa shape index (κ2) is 8.04. The summed E-state index contributed by atoms with van der Waals surface area (Å²) in [6, 6.07) is 9.11. The summed E-state index contributed by atoms with van der Waals surface area (Å²) >= 11 is 1.04. The van der Waals surface area contributed by atoms with Crippen molar-refractivity contribution in [3.8, 4) is 11.1 Å². The number of esters is 1. The van der Waals surface area contributed by atoms with E-state index in [1.165, 1.54) is 31.4 Å². The Kier molecular flexibility index (Phi) is 5.69. The molecule has 0 saturated heterocycles. The first kappa shape index (κ1) is 20.5. The Bertz CT molecular complexity index is 1040. The van der Waals surface area contributed by atoms with Crippen LogP contribution < -0.4 is 5.32 Å². The van der Waals surface area contributed by atoms with Crippen LogP contribution in [0.2, 0.25) is 0 Å². The molecule has 9 heteroatoms. The lowest BCUT2D eigenvalue weighted by molar-refractivity contribution is -0.137. The zero-order valence-corrected chi connectivity index (χ0v) is 15.7. The summed E-state index contributed by atoms with van der Waals surface area (Å²) in [5.41, 5.74) is 0.164. The number of ether oxygens (including phenoxy) is 1. The number of anilines is 1. The van der Waals surface area contributed by atoms with E-state index in [0.717, 1.165) is 35.6 Å². The van der Waals surface area contributed by atoms with E-state index in [9.17, 15) is 27.2 Å². The second-order valence-corrected chi connectivity index (χ2v) is 6.76. The summed E-state index contributed by atoms with van der Waals surface area (Å²) in [7, 11) is 1.18. The van der Waals surface area contributed by atoms with Crippen molar-refractivity contribution in [2.45, 2.75) is 6.18 Å². The van der Waals surface area contributed by atoms with Crippen LogP contribution in [0.3, 0.4) is 0 Å². The number of halogens is 4. The Labute approximate surface area is 166 Å². The number of alkyl halides is 3. The van der Waals surface area contributed by atoms with Crippen LogP contribution in [0.15, 0.2) is 53.9 Å². The largest absolute Gasteiger partial charge is 0.465 e. The summed E-state index contributed by atoms with van der Waals surface area (Å²) in [6.07, 6.45) is -4.51. The van der Waals surface area contributed by atoms with E-state index in [2.05, 4.69) is 5.32 Å². The molecular formula is C20H13F4NO3S. The highest BCUT2D eigenvalue weighted by molar-refractivity contribution is 7.15. The molecule has 0 spiro atoms. The third-order valence-corrected chi connectivity index (χ3v) is 4.93. The molecule has 0 radical (unpaired) electrons. The van der Waals surface area contributed by atoms with Gasteiger partial charge < -0.3 is 10.1 Å². The molecule has 0 aliphatic carbocycles. The van der Waals surface area contributed by atoms with Crippen LogP contribution in [0.25, 0.3) is 11.1 Å². The van der Waals surface area contributed by atoms with E-state index < -0.39 is 29.4 Å². The fourth-order valence-electron chi connectivity index (χ4n) is 2.58. The molecule has 0 fully saturated rings.